The summed E-state index contributed by atoms with van der Waals surface area (Å²) < 4.78 is 25.4. The second-order valence-corrected chi connectivity index (χ2v) is 6.54. The topological polar surface area (TPSA) is 113 Å². The Kier molecular flexibility index (Phi) is 4.15. The Bertz CT molecular complexity index is 611. The minimum absolute atomic E-state index is 0.0884. The van der Waals surface area contributed by atoms with Crippen molar-refractivity contribution in [1.29, 1.82) is 0 Å². The third-order valence-electron chi connectivity index (χ3n) is 2.98. The van der Waals surface area contributed by atoms with E-state index in [-0.39, 0.29) is 23.0 Å². The number of hydrogen-bond donors (Lipinski definition) is 4. The molecule has 0 heterocycles. The van der Waals surface area contributed by atoms with E-state index in [2.05, 4.69) is 15.4 Å². The predicted octanol–water partition coefficient (Wildman–Crippen LogP) is -0.133. The van der Waals surface area contributed by atoms with E-state index in [1.807, 2.05) is 0 Å². The molecule has 0 aromatic heterocycles. The molecule has 0 bridgehead atoms. The summed E-state index contributed by atoms with van der Waals surface area (Å²) in [7, 11) is -2.18. The van der Waals surface area contributed by atoms with Crippen LogP contribution in [0.1, 0.15) is 12.8 Å². The molecule has 1 saturated carbocycles. The Balaban J connectivity index is 2.00. The van der Waals surface area contributed by atoms with Crippen LogP contribution in [0.15, 0.2) is 23.1 Å². The van der Waals surface area contributed by atoms with Crippen LogP contribution in [0, 0.1) is 0 Å². The van der Waals surface area contributed by atoms with E-state index in [4.69, 9.17) is 5.73 Å². The highest BCUT2D eigenvalue weighted by molar-refractivity contribution is 7.89. The molecule has 1 amide bonds. The molecule has 0 atom stereocenters. The summed E-state index contributed by atoms with van der Waals surface area (Å²) in [5, 5.41) is 5.73. The van der Waals surface area contributed by atoms with Crippen molar-refractivity contribution < 1.29 is 13.2 Å². The van der Waals surface area contributed by atoms with Gasteiger partial charge in [0.1, 0.15) is 0 Å². The number of nitrogens with one attached hydrogen (secondary N) is 3. The normalized spacial score (nSPS) is 14.8. The molecule has 2 rings (SSSR count). The van der Waals surface area contributed by atoms with Crippen LogP contribution in [0.5, 0.6) is 0 Å². The molecule has 110 valence electrons. The lowest BCUT2D eigenvalue weighted by molar-refractivity contribution is -0.119. The average molecular weight is 298 g/mol. The van der Waals surface area contributed by atoms with Crippen molar-refractivity contribution in [3.63, 3.8) is 0 Å². The minimum atomic E-state index is -3.51. The van der Waals surface area contributed by atoms with Gasteiger partial charge < -0.3 is 16.4 Å². The smallest absolute Gasteiger partial charge is 0.240 e. The number of carbonyl (C=O) groups is 1. The molecule has 5 N–H and O–H groups in total. The van der Waals surface area contributed by atoms with E-state index >= 15 is 0 Å². The van der Waals surface area contributed by atoms with Crippen LogP contribution in [-0.2, 0) is 14.8 Å². The Morgan fingerprint density at radius 3 is 2.65 bits per heavy atom. The molecular formula is C12H18N4O3S. The molecule has 1 aliphatic rings. The molecule has 1 aromatic rings. The maximum atomic E-state index is 11.6. The third-order valence-corrected chi connectivity index (χ3v) is 4.40. The molecule has 0 saturated heterocycles. The van der Waals surface area contributed by atoms with Gasteiger partial charge in [0, 0.05) is 6.04 Å². The standard InChI is InChI=1S/C12H18N4O3S/c1-14-20(18,19)9-4-5-11(10(13)6-9)15-7-12(17)16-8-2-3-8/h4-6,8,14-15H,2-3,7,13H2,1H3,(H,16,17). The van der Waals surface area contributed by atoms with Crippen LogP contribution < -0.4 is 21.1 Å². The zero-order chi connectivity index (χ0) is 14.8. The number of hydrogen-bond acceptors (Lipinski definition) is 5. The Labute approximate surface area is 118 Å². The van der Waals surface area contributed by atoms with Crippen LogP contribution in [0.3, 0.4) is 0 Å². The van der Waals surface area contributed by atoms with Gasteiger partial charge in [-0.1, -0.05) is 0 Å². The lowest BCUT2D eigenvalue weighted by atomic mass is 10.2. The number of amides is 1. The van der Waals surface area contributed by atoms with Gasteiger partial charge in [0.15, 0.2) is 0 Å². The highest BCUT2D eigenvalue weighted by Crippen LogP contribution is 2.22. The molecule has 7 nitrogen and oxygen atoms in total. The quantitative estimate of drug-likeness (QED) is 0.546. The van der Waals surface area contributed by atoms with Gasteiger partial charge in [-0.05, 0) is 38.1 Å². The van der Waals surface area contributed by atoms with Gasteiger partial charge in [0.05, 0.1) is 22.8 Å². The molecule has 0 radical (unpaired) electrons. The van der Waals surface area contributed by atoms with Gasteiger partial charge in [-0.25, -0.2) is 13.1 Å². The summed E-state index contributed by atoms with van der Waals surface area (Å²) in [5.41, 5.74) is 6.60. The van der Waals surface area contributed by atoms with Crippen molar-refractivity contribution >= 4 is 27.3 Å². The second-order valence-electron chi connectivity index (χ2n) is 4.65. The first kappa shape index (κ1) is 14.6. The molecule has 0 spiro atoms. The molecule has 1 fully saturated rings. The van der Waals surface area contributed by atoms with Gasteiger partial charge in [-0.2, -0.15) is 0 Å². The van der Waals surface area contributed by atoms with E-state index in [1.165, 1.54) is 19.2 Å². The van der Waals surface area contributed by atoms with Gasteiger partial charge in [-0.15, -0.1) is 0 Å². The van der Waals surface area contributed by atoms with Gasteiger partial charge in [-0.3, -0.25) is 4.79 Å². The first-order chi connectivity index (χ1) is 9.42. The zero-order valence-corrected chi connectivity index (χ0v) is 12.0. The number of benzene rings is 1. The second kappa shape index (κ2) is 5.68. The average Bonchev–Trinajstić information content (AvgIpc) is 3.21. The fraction of sp³-hybridized carbons (Fsp3) is 0.417. The van der Waals surface area contributed by atoms with Crippen molar-refractivity contribution in [3.05, 3.63) is 18.2 Å². The molecule has 0 unspecified atom stereocenters. The van der Waals surface area contributed by atoms with Crippen molar-refractivity contribution in [1.82, 2.24) is 10.0 Å². The lowest BCUT2D eigenvalue weighted by Gasteiger charge is -2.11. The minimum Gasteiger partial charge on any atom is -0.397 e. The Morgan fingerprint density at radius 1 is 1.40 bits per heavy atom. The zero-order valence-electron chi connectivity index (χ0n) is 11.1. The maximum Gasteiger partial charge on any atom is 0.240 e. The van der Waals surface area contributed by atoms with Crippen LogP contribution in [0.2, 0.25) is 0 Å². The van der Waals surface area contributed by atoms with Crippen LogP contribution in [-0.4, -0.2) is 34.0 Å². The van der Waals surface area contributed by atoms with E-state index in [0.29, 0.717) is 11.7 Å². The third kappa shape index (κ3) is 3.61. The summed E-state index contributed by atoms with van der Waals surface area (Å²) in [5.74, 6) is -0.0983. The summed E-state index contributed by atoms with van der Waals surface area (Å²) in [6, 6.07) is 4.64. The number of sulfonamides is 1. The fourth-order valence-electron chi connectivity index (χ4n) is 1.67. The van der Waals surface area contributed by atoms with Crippen molar-refractivity contribution in [3.8, 4) is 0 Å². The molecule has 0 aliphatic heterocycles. The number of nitrogens with two attached hydrogens (primary N) is 1. The molecular weight excluding hydrogens is 280 g/mol. The largest absolute Gasteiger partial charge is 0.397 e. The molecule has 1 aromatic carbocycles. The monoisotopic (exact) mass is 298 g/mol. The summed E-state index contributed by atoms with van der Waals surface area (Å²) >= 11 is 0. The van der Waals surface area contributed by atoms with E-state index in [9.17, 15) is 13.2 Å². The molecule has 20 heavy (non-hydrogen) atoms. The Morgan fingerprint density at radius 2 is 2.10 bits per heavy atom. The number of carbonyl (C=O) groups excluding carboxylic acids is 1. The lowest BCUT2D eigenvalue weighted by Crippen LogP contribution is -2.31. The van der Waals surface area contributed by atoms with Gasteiger partial charge in [0.25, 0.3) is 0 Å². The molecule has 8 heteroatoms. The first-order valence-corrected chi connectivity index (χ1v) is 7.77. The first-order valence-electron chi connectivity index (χ1n) is 6.28. The summed E-state index contributed by atoms with van der Waals surface area (Å²) in [4.78, 5) is 11.6. The maximum absolute atomic E-state index is 11.6. The number of nitrogen functional groups attached to an aromatic ring is 1. The van der Waals surface area contributed by atoms with E-state index in [0.717, 1.165) is 12.8 Å². The van der Waals surface area contributed by atoms with E-state index in [1.54, 1.807) is 6.07 Å². The highest BCUT2D eigenvalue weighted by atomic mass is 32.2. The summed E-state index contributed by atoms with van der Waals surface area (Å²) in [6.07, 6.45) is 2.06. The van der Waals surface area contributed by atoms with Crippen molar-refractivity contribution in [2.75, 3.05) is 24.6 Å². The van der Waals surface area contributed by atoms with E-state index < -0.39 is 10.0 Å². The number of anilines is 2. The summed E-state index contributed by atoms with van der Waals surface area (Å²) in [6.45, 7) is 0.110. The van der Waals surface area contributed by atoms with Gasteiger partial charge in [0.2, 0.25) is 15.9 Å². The van der Waals surface area contributed by atoms with Crippen molar-refractivity contribution in [2.45, 2.75) is 23.8 Å². The van der Waals surface area contributed by atoms with Crippen LogP contribution in [0.25, 0.3) is 0 Å². The molecule has 1 aliphatic carbocycles. The SMILES string of the molecule is CNS(=O)(=O)c1ccc(NCC(=O)NC2CC2)c(N)c1. The Hall–Kier alpha value is -1.80. The highest BCUT2D eigenvalue weighted by Gasteiger charge is 2.23. The van der Waals surface area contributed by atoms with Crippen LogP contribution >= 0.6 is 0 Å². The van der Waals surface area contributed by atoms with Crippen molar-refractivity contribution in [2.24, 2.45) is 0 Å². The van der Waals surface area contributed by atoms with Gasteiger partial charge >= 0.3 is 0 Å². The fourth-order valence-corrected chi connectivity index (χ4v) is 2.43. The van der Waals surface area contributed by atoms with Crippen LogP contribution in [0.4, 0.5) is 11.4 Å². The number of rotatable bonds is 6. The predicted molar refractivity (Wildman–Crippen MR) is 76.8 cm³/mol.